The number of fused-ring (bicyclic) bond motifs is 5. The maximum atomic E-state index is 11.1. The van der Waals surface area contributed by atoms with Gasteiger partial charge < -0.3 is 5.11 Å². The van der Waals surface area contributed by atoms with Crippen LogP contribution in [0.1, 0.15) is 78.6 Å². The van der Waals surface area contributed by atoms with Gasteiger partial charge in [-0.05, 0) is 105 Å². The SMILES string of the molecule is C[C@]12CCC(=C3C=CC=C3)C[C@@H]1CC[C@@H]1[C@@H]2CC[C@@]2(C)[C@H]1CC[C@]2(C)O. The van der Waals surface area contributed by atoms with E-state index in [1.165, 1.54) is 56.9 Å². The molecular formula is C25H36O. The molecule has 0 unspecified atom stereocenters. The third kappa shape index (κ3) is 2.19. The first-order valence-corrected chi connectivity index (χ1v) is 11.1. The third-order valence-electron chi connectivity index (χ3n) is 10.2. The molecule has 0 radical (unpaired) electrons. The van der Waals surface area contributed by atoms with Crippen molar-refractivity contribution in [2.45, 2.75) is 84.2 Å². The van der Waals surface area contributed by atoms with Gasteiger partial charge in [0.15, 0.2) is 0 Å². The first kappa shape index (κ1) is 17.3. The molecule has 5 rings (SSSR count). The van der Waals surface area contributed by atoms with Crippen LogP contribution in [0.25, 0.3) is 0 Å². The molecule has 1 nitrogen and oxygen atoms in total. The summed E-state index contributed by atoms with van der Waals surface area (Å²) in [6.07, 6.45) is 20.8. The number of hydrogen-bond donors (Lipinski definition) is 1. The second-order valence-corrected chi connectivity index (χ2v) is 10.9. The van der Waals surface area contributed by atoms with Gasteiger partial charge >= 0.3 is 0 Å². The zero-order valence-electron chi connectivity index (χ0n) is 16.9. The van der Waals surface area contributed by atoms with Crippen LogP contribution >= 0.6 is 0 Å². The van der Waals surface area contributed by atoms with Crippen LogP contribution in [0, 0.1) is 34.5 Å². The predicted octanol–water partition coefficient (Wildman–Crippen LogP) is 6.20. The number of rotatable bonds is 0. The van der Waals surface area contributed by atoms with E-state index in [1.807, 2.05) is 0 Å². The van der Waals surface area contributed by atoms with E-state index in [0.29, 0.717) is 5.41 Å². The first-order chi connectivity index (χ1) is 12.4. The van der Waals surface area contributed by atoms with Crippen molar-refractivity contribution < 1.29 is 5.11 Å². The van der Waals surface area contributed by atoms with Crippen molar-refractivity contribution in [2.75, 3.05) is 0 Å². The lowest BCUT2D eigenvalue weighted by Gasteiger charge is -2.61. The Balaban J connectivity index is 1.42. The molecule has 0 saturated heterocycles. The van der Waals surface area contributed by atoms with Crippen molar-refractivity contribution in [1.29, 1.82) is 0 Å². The van der Waals surface area contributed by atoms with Gasteiger partial charge in [0.1, 0.15) is 0 Å². The van der Waals surface area contributed by atoms with Crippen molar-refractivity contribution in [3.05, 3.63) is 35.5 Å². The Morgan fingerprint density at radius 3 is 2.38 bits per heavy atom. The van der Waals surface area contributed by atoms with Gasteiger partial charge in [0, 0.05) is 0 Å². The molecule has 142 valence electrons. The van der Waals surface area contributed by atoms with Gasteiger partial charge in [-0.25, -0.2) is 0 Å². The van der Waals surface area contributed by atoms with Crippen LogP contribution in [0.15, 0.2) is 35.5 Å². The monoisotopic (exact) mass is 352 g/mol. The van der Waals surface area contributed by atoms with Crippen molar-refractivity contribution in [3.8, 4) is 0 Å². The molecule has 1 heteroatoms. The van der Waals surface area contributed by atoms with Crippen molar-refractivity contribution in [2.24, 2.45) is 34.5 Å². The molecule has 0 aliphatic heterocycles. The van der Waals surface area contributed by atoms with Crippen LogP contribution < -0.4 is 0 Å². The summed E-state index contributed by atoms with van der Waals surface area (Å²) >= 11 is 0. The summed E-state index contributed by atoms with van der Waals surface area (Å²) in [7, 11) is 0. The molecule has 0 aromatic carbocycles. The Bertz CT molecular complexity index is 681. The third-order valence-corrected chi connectivity index (χ3v) is 10.2. The molecule has 0 amide bonds. The fraction of sp³-hybridized carbons (Fsp3) is 0.760. The Hall–Kier alpha value is -0.820. The molecule has 5 aliphatic rings. The van der Waals surface area contributed by atoms with Crippen LogP contribution in [-0.4, -0.2) is 10.7 Å². The van der Waals surface area contributed by atoms with Gasteiger partial charge in [-0.1, -0.05) is 43.7 Å². The molecule has 0 spiro atoms. The Labute approximate surface area is 159 Å². The van der Waals surface area contributed by atoms with E-state index in [0.717, 1.165) is 30.1 Å². The van der Waals surface area contributed by atoms with Crippen molar-refractivity contribution in [1.82, 2.24) is 0 Å². The van der Waals surface area contributed by atoms with Gasteiger partial charge in [-0.2, -0.15) is 0 Å². The highest BCUT2D eigenvalue weighted by Crippen LogP contribution is 2.68. The molecule has 4 fully saturated rings. The lowest BCUT2D eigenvalue weighted by molar-refractivity contribution is -0.142. The highest BCUT2D eigenvalue weighted by Gasteiger charge is 2.62. The second kappa shape index (κ2) is 5.60. The fourth-order valence-corrected chi connectivity index (χ4v) is 8.19. The largest absolute Gasteiger partial charge is 0.390 e. The van der Waals surface area contributed by atoms with Crippen LogP contribution in [0.4, 0.5) is 0 Å². The maximum absolute atomic E-state index is 11.1. The topological polar surface area (TPSA) is 20.2 Å². The highest BCUT2D eigenvalue weighted by molar-refractivity contribution is 5.44. The zero-order chi connectivity index (χ0) is 18.2. The van der Waals surface area contributed by atoms with Gasteiger partial charge in [0.25, 0.3) is 0 Å². The van der Waals surface area contributed by atoms with E-state index in [9.17, 15) is 5.11 Å². The fourth-order valence-electron chi connectivity index (χ4n) is 8.19. The van der Waals surface area contributed by atoms with Crippen LogP contribution in [0.3, 0.4) is 0 Å². The number of allylic oxidation sites excluding steroid dienone is 6. The Morgan fingerprint density at radius 2 is 1.62 bits per heavy atom. The molecule has 5 aliphatic carbocycles. The molecule has 26 heavy (non-hydrogen) atoms. The Morgan fingerprint density at radius 1 is 0.885 bits per heavy atom. The molecule has 1 N–H and O–H groups in total. The van der Waals surface area contributed by atoms with Gasteiger partial charge in [0.05, 0.1) is 5.60 Å². The minimum absolute atomic E-state index is 0.165. The molecule has 0 bridgehead atoms. The zero-order valence-corrected chi connectivity index (χ0v) is 16.9. The van der Waals surface area contributed by atoms with E-state index in [2.05, 4.69) is 45.1 Å². The predicted molar refractivity (Wildman–Crippen MR) is 108 cm³/mol. The number of hydrogen-bond acceptors (Lipinski definition) is 1. The van der Waals surface area contributed by atoms with E-state index >= 15 is 0 Å². The summed E-state index contributed by atoms with van der Waals surface area (Å²) in [5, 5.41) is 11.1. The van der Waals surface area contributed by atoms with Crippen molar-refractivity contribution in [3.63, 3.8) is 0 Å². The van der Waals surface area contributed by atoms with Gasteiger partial charge in [-0.3, -0.25) is 0 Å². The minimum Gasteiger partial charge on any atom is -0.390 e. The van der Waals surface area contributed by atoms with Crippen LogP contribution in [0.2, 0.25) is 0 Å². The summed E-state index contributed by atoms with van der Waals surface area (Å²) in [5.41, 5.74) is 3.50. The van der Waals surface area contributed by atoms with Crippen LogP contribution in [0.5, 0.6) is 0 Å². The maximum Gasteiger partial charge on any atom is 0.0675 e. The van der Waals surface area contributed by atoms with Crippen LogP contribution in [-0.2, 0) is 0 Å². The van der Waals surface area contributed by atoms with E-state index in [1.54, 1.807) is 5.57 Å². The molecule has 4 saturated carbocycles. The van der Waals surface area contributed by atoms with Gasteiger partial charge in [0.2, 0.25) is 0 Å². The lowest BCUT2D eigenvalue weighted by atomic mass is 9.44. The minimum atomic E-state index is -0.439. The summed E-state index contributed by atoms with van der Waals surface area (Å²) in [6.45, 7) is 7.19. The average molecular weight is 353 g/mol. The normalized spacial score (nSPS) is 52.8. The smallest absolute Gasteiger partial charge is 0.0675 e. The van der Waals surface area contributed by atoms with Crippen molar-refractivity contribution >= 4 is 0 Å². The first-order valence-electron chi connectivity index (χ1n) is 11.1. The lowest BCUT2D eigenvalue weighted by Crippen LogP contribution is -2.55. The van der Waals surface area contributed by atoms with Gasteiger partial charge in [-0.15, -0.1) is 0 Å². The van der Waals surface area contributed by atoms with E-state index < -0.39 is 5.60 Å². The standard InChI is InChI=1S/C25H36O/c1-23-13-10-18(17-6-4-5-7-17)16-19(23)8-9-20-21(23)11-14-24(2)22(20)12-15-25(24,3)26/h4-7,19-22,26H,8-16H2,1-3H3/t19-,20+,21-,22-,23-,24-,25-/m0/s1. The molecule has 0 aromatic heterocycles. The second-order valence-electron chi connectivity index (χ2n) is 10.9. The van der Waals surface area contributed by atoms with E-state index in [4.69, 9.17) is 0 Å². The molecule has 0 heterocycles. The summed E-state index contributed by atoms with van der Waals surface area (Å²) in [5.74, 6) is 3.40. The molecule has 7 atom stereocenters. The van der Waals surface area contributed by atoms with E-state index in [-0.39, 0.29) is 5.41 Å². The quantitative estimate of drug-likeness (QED) is 0.550. The highest BCUT2D eigenvalue weighted by atomic mass is 16.3. The average Bonchev–Trinajstić information content (AvgIpc) is 3.21. The molecular weight excluding hydrogens is 316 g/mol. The molecule has 0 aromatic rings. The summed E-state index contributed by atoms with van der Waals surface area (Å²) in [6, 6.07) is 0. The Kier molecular flexibility index (Phi) is 3.72. The number of aliphatic hydroxyl groups is 1. The summed E-state index contributed by atoms with van der Waals surface area (Å²) in [4.78, 5) is 0. The summed E-state index contributed by atoms with van der Waals surface area (Å²) < 4.78 is 0.